The zero-order chi connectivity index (χ0) is 20.5. The third kappa shape index (κ3) is 6.95. The quantitative estimate of drug-likeness (QED) is 0.417. The van der Waals surface area contributed by atoms with Crippen LogP contribution in [0, 0.1) is 6.92 Å². The standard InChI is InChI=1S/C24H24BrNO3/c1-18-15-20(25)12-13-23(18)29-17-24(27)26-21-10-5-11-22(16-21)28-14-6-9-19-7-3-2-4-8-19/h2-5,7-8,10-13,15-16H,6,9,14,17H2,1H3,(H,26,27). The SMILES string of the molecule is Cc1cc(Br)ccc1OCC(=O)Nc1cccc(OCCCc2ccccc2)c1. The van der Waals surface area contributed by atoms with Gasteiger partial charge in [-0.05, 0) is 61.2 Å². The summed E-state index contributed by atoms with van der Waals surface area (Å²) in [5.41, 5.74) is 2.96. The van der Waals surface area contributed by atoms with Crippen LogP contribution < -0.4 is 14.8 Å². The molecule has 0 saturated carbocycles. The summed E-state index contributed by atoms with van der Waals surface area (Å²) in [4.78, 5) is 12.2. The van der Waals surface area contributed by atoms with Crippen LogP contribution >= 0.6 is 15.9 Å². The lowest BCUT2D eigenvalue weighted by Crippen LogP contribution is -2.20. The number of carbonyl (C=O) groups is 1. The first kappa shape index (κ1) is 20.9. The molecule has 0 aromatic heterocycles. The molecule has 1 amide bonds. The van der Waals surface area contributed by atoms with Gasteiger partial charge >= 0.3 is 0 Å². The Balaban J connectivity index is 1.44. The average molecular weight is 454 g/mol. The molecular formula is C24H24BrNO3. The van der Waals surface area contributed by atoms with E-state index in [-0.39, 0.29) is 12.5 Å². The summed E-state index contributed by atoms with van der Waals surface area (Å²) < 4.78 is 12.4. The number of amides is 1. The monoisotopic (exact) mass is 453 g/mol. The van der Waals surface area contributed by atoms with Gasteiger partial charge in [-0.25, -0.2) is 0 Å². The lowest BCUT2D eigenvalue weighted by Gasteiger charge is -2.11. The number of halogens is 1. The van der Waals surface area contributed by atoms with E-state index in [2.05, 4.69) is 33.4 Å². The maximum absolute atomic E-state index is 12.2. The molecule has 29 heavy (non-hydrogen) atoms. The molecule has 0 bridgehead atoms. The third-order valence-corrected chi connectivity index (χ3v) is 4.83. The van der Waals surface area contributed by atoms with Gasteiger partial charge in [0.25, 0.3) is 5.91 Å². The van der Waals surface area contributed by atoms with Gasteiger partial charge in [0.2, 0.25) is 0 Å². The highest BCUT2D eigenvalue weighted by atomic mass is 79.9. The molecule has 0 aliphatic heterocycles. The second-order valence-corrected chi connectivity index (χ2v) is 7.63. The Morgan fingerprint density at radius 1 is 0.966 bits per heavy atom. The zero-order valence-electron chi connectivity index (χ0n) is 16.4. The van der Waals surface area contributed by atoms with Crippen LogP contribution in [0.25, 0.3) is 0 Å². The maximum atomic E-state index is 12.2. The lowest BCUT2D eigenvalue weighted by molar-refractivity contribution is -0.118. The number of nitrogens with one attached hydrogen (secondary N) is 1. The fourth-order valence-corrected chi connectivity index (χ4v) is 3.37. The highest BCUT2D eigenvalue weighted by Gasteiger charge is 2.07. The van der Waals surface area contributed by atoms with Crippen molar-refractivity contribution in [2.45, 2.75) is 19.8 Å². The van der Waals surface area contributed by atoms with Crippen molar-refractivity contribution in [3.63, 3.8) is 0 Å². The van der Waals surface area contributed by atoms with Crippen molar-refractivity contribution < 1.29 is 14.3 Å². The Labute approximate surface area is 180 Å². The molecular weight excluding hydrogens is 430 g/mol. The normalized spacial score (nSPS) is 10.4. The van der Waals surface area contributed by atoms with Crippen LogP contribution in [0.15, 0.2) is 77.3 Å². The van der Waals surface area contributed by atoms with Crippen molar-refractivity contribution in [2.75, 3.05) is 18.5 Å². The fraction of sp³-hybridized carbons (Fsp3) is 0.208. The molecule has 0 fully saturated rings. The number of benzene rings is 3. The largest absolute Gasteiger partial charge is 0.494 e. The molecule has 3 aromatic carbocycles. The molecule has 0 aliphatic carbocycles. The predicted molar refractivity (Wildman–Crippen MR) is 120 cm³/mol. The Morgan fingerprint density at radius 2 is 1.79 bits per heavy atom. The summed E-state index contributed by atoms with van der Waals surface area (Å²) in [6.45, 7) is 2.51. The van der Waals surface area contributed by atoms with Gasteiger partial charge in [0.1, 0.15) is 11.5 Å². The number of hydrogen-bond acceptors (Lipinski definition) is 3. The van der Waals surface area contributed by atoms with E-state index in [4.69, 9.17) is 9.47 Å². The van der Waals surface area contributed by atoms with Crippen LogP contribution in [0.1, 0.15) is 17.5 Å². The number of hydrogen-bond donors (Lipinski definition) is 1. The number of anilines is 1. The molecule has 1 N–H and O–H groups in total. The molecule has 3 rings (SSSR count). The highest BCUT2D eigenvalue weighted by molar-refractivity contribution is 9.10. The second kappa shape index (κ2) is 10.7. The molecule has 0 spiro atoms. The molecule has 0 saturated heterocycles. The topological polar surface area (TPSA) is 47.6 Å². The predicted octanol–water partition coefficient (Wildman–Crippen LogP) is 5.79. The molecule has 150 valence electrons. The summed E-state index contributed by atoms with van der Waals surface area (Å²) in [7, 11) is 0. The van der Waals surface area contributed by atoms with Crippen LogP contribution in [0.2, 0.25) is 0 Å². The summed E-state index contributed by atoms with van der Waals surface area (Å²) in [6.07, 6.45) is 1.91. The molecule has 0 unspecified atom stereocenters. The van der Waals surface area contributed by atoms with Crippen LogP contribution in [-0.4, -0.2) is 19.1 Å². The maximum Gasteiger partial charge on any atom is 0.262 e. The van der Waals surface area contributed by atoms with Crippen LogP contribution in [0.3, 0.4) is 0 Å². The van der Waals surface area contributed by atoms with Gasteiger partial charge < -0.3 is 14.8 Å². The van der Waals surface area contributed by atoms with Gasteiger partial charge in [0.15, 0.2) is 6.61 Å². The average Bonchev–Trinajstić information content (AvgIpc) is 2.72. The van der Waals surface area contributed by atoms with Gasteiger partial charge in [0.05, 0.1) is 6.61 Å². The van der Waals surface area contributed by atoms with Gasteiger partial charge in [0, 0.05) is 16.2 Å². The first-order valence-electron chi connectivity index (χ1n) is 9.56. The van der Waals surface area contributed by atoms with E-state index in [0.29, 0.717) is 18.0 Å². The Bertz CT molecular complexity index is 944. The molecule has 3 aromatic rings. The van der Waals surface area contributed by atoms with Crippen molar-refractivity contribution in [2.24, 2.45) is 0 Å². The van der Waals surface area contributed by atoms with E-state index in [1.807, 2.05) is 67.6 Å². The number of rotatable bonds is 9. The molecule has 0 radical (unpaired) electrons. The molecule has 0 aliphatic rings. The molecule has 5 heteroatoms. The Morgan fingerprint density at radius 3 is 2.59 bits per heavy atom. The van der Waals surface area contributed by atoms with Gasteiger partial charge in [-0.1, -0.05) is 52.3 Å². The Hall–Kier alpha value is -2.79. The van der Waals surface area contributed by atoms with Crippen molar-refractivity contribution in [3.8, 4) is 11.5 Å². The summed E-state index contributed by atoms with van der Waals surface area (Å²) in [5, 5.41) is 2.85. The van der Waals surface area contributed by atoms with Gasteiger partial charge in [-0.2, -0.15) is 0 Å². The first-order chi connectivity index (χ1) is 14.1. The number of aryl methyl sites for hydroxylation is 2. The van der Waals surface area contributed by atoms with Crippen molar-refractivity contribution >= 4 is 27.5 Å². The summed E-state index contributed by atoms with van der Waals surface area (Å²) >= 11 is 3.41. The van der Waals surface area contributed by atoms with Gasteiger partial charge in [-0.15, -0.1) is 0 Å². The van der Waals surface area contributed by atoms with Crippen molar-refractivity contribution in [3.05, 3.63) is 88.4 Å². The van der Waals surface area contributed by atoms with Crippen LogP contribution in [-0.2, 0) is 11.2 Å². The van der Waals surface area contributed by atoms with E-state index >= 15 is 0 Å². The van der Waals surface area contributed by atoms with Crippen LogP contribution in [0.4, 0.5) is 5.69 Å². The van der Waals surface area contributed by atoms with E-state index < -0.39 is 0 Å². The van der Waals surface area contributed by atoms with E-state index in [9.17, 15) is 4.79 Å². The smallest absolute Gasteiger partial charge is 0.262 e. The van der Waals surface area contributed by atoms with Crippen molar-refractivity contribution in [1.82, 2.24) is 0 Å². The second-order valence-electron chi connectivity index (χ2n) is 6.71. The minimum atomic E-state index is -0.214. The summed E-state index contributed by atoms with van der Waals surface area (Å²) in [5.74, 6) is 1.22. The lowest BCUT2D eigenvalue weighted by atomic mass is 10.1. The minimum Gasteiger partial charge on any atom is -0.494 e. The Kier molecular flexibility index (Phi) is 7.70. The van der Waals surface area contributed by atoms with Crippen LogP contribution in [0.5, 0.6) is 11.5 Å². The third-order valence-electron chi connectivity index (χ3n) is 4.33. The highest BCUT2D eigenvalue weighted by Crippen LogP contribution is 2.22. The van der Waals surface area contributed by atoms with E-state index in [0.717, 1.165) is 28.6 Å². The number of ether oxygens (including phenoxy) is 2. The van der Waals surface area contributed by atoms with E-state index in [1.54, 1.807) is 0 Å². The summed E-state index contributed by atoms with van der Waals surface area (Å²) in [6, 6.07) is 23.4. The van der Waals surface area contributed by atoms with Gasteiger partial charge in [-0.3, -0.25) is 4.79 Å². The zero-order valence-corrected chi connectivity index (χ0v) is 17.9. The van der Waals surface area contributed by atoms with Crippen molar-refractivity contribution in [1.29, 1.82) is 0 Å². The molecule has 4 nitrogen and oxygen atoms in total. The fourth-order valence-electron chi connectivity index (χ4n) is 2.89. The first-order valence-corrected chi connectivity index (χ1v) is 10.3. The molecule has 0 heterocycles. The van der Waals surface area contributed by atoms with E-state index in [1.165, 1.54) is 5.56 Å². The number of carbonyl (C=O) groups excluding carboxylic acids is 1. The minimum absolute atomic E-state index is 0.0510. The molecule has 0 atom stereocenters.